The molecule has 1 fully saturated rings. The first-order valence-corrected chi connectivity index (χ1v) is 8.73. The number of amides is 1. The van der Waals surface area contributed by atoms with E-state index in [1.54, 1.807) is 6.08 Å². The zero-order chi connectivity index (χ0) is 18.8. The summed E-state index contributed by atoms with van der Waals surface area (Å²) < 4.78 is 5.64. The smallest absolute Gasteiger partial charge is 0.327 e. The second-order valence-corrected chi connectivity index (χ2v) is 7.23. The van der Waals surface area contributed by atoms with Gasteiger partial charge in [0.15, 0.2) is 0 Å². The van der Waals surface area contributed by atoms with E-state index in [1.165, 1.54) is 0 Å². The summed E-state index contributed by atoms with van der Waals surface area (Å²) in [7, 11) is 0. The highest BCUT2D eigenvalue weighted by Gasteiger charge is 2.41. The number of hydrogen-bond acceptors (Lipinski definition) is 6. The van der Waals surface area contributed by atoms with Crippen molar-refractivity contribution in [1.82, 2.24) is 4.90 Å². The number of hydrogen-bond donors (Lipinski definition) is 2. The van der Waals surface area contributed by atoms with Crippen molar-refractivity contribution < 1.29 is 29.3 Å². The molecule has 26 heavy (non-hydrogen) atoms. The average Bonchev–Trinajstić information content (AvgIpc) is 2.86. The van der Waals surface area contributed by atoms with Gasteiger partial charge in [-0.1, -0.05) is 42.2 Å². The molecule has 1 amide bonds. The molecule has 1 aromatic carbocycles. The number of thioether (sulfide) groups is 1. The third-order valence-electron chi connectivity index (χ3n) is 3.76. The summed E-state index contributed by atoms with van der Waals surface area (Å²) in [5, 5.41) is 18.2. The molecule has 1 aromatic rings. The molecule has 0 spiro atoms. The molecule has 1 saturated heterocycles. The number of para-hydroxylation sites is 1. The number of carbonyl (C=O) groups is 3. The van der Waals surface area contributed by atoms with Gasteiger partial charge in [0.05, 0.1) is 11.3 Å². The normalized spacial score (nSPS) is 19.0. The predicted molar refractivity (Wildman–Crippen MR) is 98.7 cm³/mol. The Morgan fingerprint density at radius 2 is 2.08 bits per heavy atom. The molecular weight excluding hydrogens is 378 g/mol. The summed E-state index contributed by atoms with van der Waals surface area (Å²) in [6.45, 7) is 0.263. The minimum atomic E-state index is -1.54. The molecule has 0 aromatic heterocycles. The van der Waals surface area contributed by atoms with Crippen LogP contribution in [0.15, 0.2) is 40.8 Å². The Morgan fingerprint density at radius 3 is 2.77 bits per heavy atom. The molecule has 0 saturated carbocycles. The predicted octanol–water partition coefficient (Wildman–Crippen LogP) is 2.13. The van der Waals surface area contributed by atoms with E-state index in [1.807, 2.05) is 30.3 Å². The minimum absolute atomic E-state index is 0.0210. The van der Waals surface area contributed by atoms with Crippen LogP contribution in [0.4, 0.5) is 0 Å². The average molecular weight is 391 g/mol. The Morgan fingerprint density at radius 1 is 1.35 bits per heavy atom. The van der Waals surface area contributed by atoms with E-state index in [0.717, 1.165) is 33.5 Å². The molecule has 1 atom stereocenters. The number of thiocarbonyl (C=S) groups is 1. The second kappa shape index (κ2) is 7.30. The summed E-state index contributed by atoms with van der Waals surface area (Å²) >= 11 is 6.04. The maximum atomic E-state index is 12.6. The minimum Gasteiger partial charge on any atom is -0.488 e. The van der Waals surface area contributed by atoms with Crippen LogP contribution < -0.4 is 4.74 Å². The van der Waals surface area contributed by atoms with Gasteiger partial charge in [0, 0.05) is 5.56 Å². The van der Waals surface area contributed by atoms with Crippen molar-refractivity contribution in [3.8, 4) is 5.75 Å². The van der Waals surface area contributed by atoms with E-state index in [9.17, 15) is 19.5 Å². The van der Waals surface area contributed by atoms with Crippen molar-refractivity contribution in [1.29, 1.82) is 0 Å². The lowest BCUT2D eigenvalue weighted by Crippen LogP contribution is -2.45. The third-order valence-corrected chi connectivity index (χ3v) is 5.09. The molecule has 0 radical (unpaired) electrons. The number of fused-ring (bicyclic) bond motifs is 1. The van der Waals surface area contributed by atoms with Gasteiger partial charge in [-0.15, -0.1) is 0 Å². The molecule has 0 unspecified atom stereocenters. The SMILES string of the molecule is O=C(O)C[C@@H](C(=O)O)N1C(=O)/C(=C/C2=Cc3ccccc3OC2)SC1=S. The van der Waals surface area contributed by atoms with Gasteiger partial charge in [-0.3, -0.25) is 14.5 Å². The van der Waals surface area contributed by atoms with Gasteiger partial charge >= 0.3 is 11.9 Å². The van der Waals surface area contributed by atoms with Crippen molar-refractivity contribution in [2.45, 2.75) is 12.5 Å². The zero-order valence-corrected chi connectivity index (χ0v) is 14.9. The summed E-state index contributed by atoms with van der Waals surface area (Å²) in [4.78, 5) is 36.0. The number of rotatable bonds is 5. The lowest BCUT2D eigenvalue weighted by atomic mass is 10.1. The first kappa shape index (κ1) is 18.2. The number of nitrogens with zero attached hydrogens (tertiary/aromatic N) is 1. The van der Waals surface area contributed by atoms with Gasteiger partial charge in [-0.2, -0.15) is 0 Å². The van der Waals surface area contributed by atoms with Crippen molar-refractivity contribution in [3.05, 3.63) is 46.4 Å². The molecule has 2 aliphatic rings. The number of aliphatic carboxylic acids is 2. The van der Waals surface area contributed by atoms with Crippen molar-refractivity contribution in [3.63, 3.8) is 0 Å². The van der Waals surface area contributed by atoms with Crippen LogP contribution in [-0.4, -0.2) is 49.9 Å². The van der Waals surface area contributed by atoms with Crippen LogP contribution in [0.25, 0.3) is 6.08 Å². The van der Waals surface area contributed by atoms with Crippen LogP contribution in [0.2, 0.25) is 0 Å². The second-order valence-electron chi connectivity index (χ2n) is 5.55. The van der Waals surface area contributed by atoms with E-state index in [2.05, 4.69) is 0 Å². The summed E-state index contributed by atoms with van der Waals surface area (Å²) in [5.74, 6) is -2.62. The number of carboxylic acids is 2. The number of carboxylic acid groups (broad SMARTS) is 2. The van der Waals surface area contributed by atoms with Crippen LogP contribution in [0.3, 0.4) is 0 Å². The van der Waals surface area contributed by atoms with Crippen molar-refractivity contribution in [2.24, 2.45) is 0 Å². The molecule has 134 valence electrons. The Labute approximate surface area is 157 Å². The highest BCUT2D eigenvalue weighted by molar-refractivity contribution is 8.26. The monoisotopic (exact) mass is 391 g/mol. The fourth-order valence-corrected chi connectivity index (χ4v) is 3.96. The third kappa shape index (κ3) is 3.63. The summed E-state index contributed by atoms with van der Waals surface area (Å²) in [6, 6.07) is 5.90. The lowest BCUT2D eigenvalue weighted by molar-refractivity contribution is -0.150. The van der Waals surface area contributed by atoms with Crippen LogP contribution >= 0.6 is 24.0 Å². The van der Waals surface area contributed by atoms with Crippen LogP contribution in [0.1, 0.15) is 12.0 Å². The van der Waals surface area contributed by atoms with Gasteiger partial charge in [-0.05, 0) is 23.8 Å². The number of benzene rings is 1. The maximum Gasteiger partial charge on any atom is 0.327 e. The van der Waals surface area contributed by atoms with E-state index >= 15 is 0 Å². The van der Waals surface area contributed by atoms with Gasteiger partial charge in [0.2, 0.25) is 0 Å². The molecule has 2 aliphatic heterocycles. The van der Waals surface area contributed by atoms with E-state index < -0.39 is 30.3 Å². The largest absolute Gasteiger partial charge is 0.488 e. The molecule has 7 nitrogen and oxygen atoms in total. The summed E-state index contributed by atoms with van der Waals surface area (Å²) in [5.41, 5.74) is 1.60. The van der Waals surface area contributed by atoms with Crippen molar-refractivity contribution in [2.75, 3.05) is 6.61 Å². The van der Waals surface area contributed by atoms with Crippen molar-refractivity contribution >= 4 is 52.2 Å². The Bertz CT molecular complexity index is 876. The Hall–Kier alpha value is -2.65. The molecule has 2 heterocycles. The maximum absolute atomic E-state index is 12.6. The first-order chi connectivity index (χ1) is 12.4. The highest BCUT2D eigenvalue weighted by atomic mass is 32.2. The molecule has 3 rings (SSSR count). The quantitative estimate of drug-likeness (QED) is 0.581. The van der Waals surface area contributed by atoms with Crippen LogP contribution in [0, 0.1) is 0 Å². The van der Waals surface area contributed by atoms with Gasteiger partial charge in [0.25, 0.3) is 5.91 Å². The Balaban J connectivity index is 1.87. The molecule has 2 N–H and O–H groups in total. The highest BCUT2D eigenvalue weighted by Crippen LogP contribution is 2.35. The molecule has 0 aliphatic carbocycles. The Kier molecular flexibility index (Phi) is 5.10. The molecular formula is C17H13NO6S2. The lowest BCUT2D eigenvalue weighted by Gasteiger charge is -2.21. The first-order valence-electron chi connectivity index (χ1n) is 7.51. The van der Waals surface area contributed by atoms with Gasteiger partial charge in [0.1, 0.15) is 22.7 Å². The number of carbonyl (C=O) groups excluding carboxylic acids is 1. The summed E-state index contributed by atoms with van der Waals surface area (Å²) in [6.07, 6.45) is 2.74. The zero-order valence-electron chi connectivity index (χ0n) is 13.2. The topological polar surface area (TPSA) is 104 Å². The fraction of sp³-hybridized carbons (Fsp3) is 0.176. The van der Waals surface area contributed by atoms with Crippen LogP contribution in [-0.2, 0) is 14.4 Å². The number of ether oxygens (including phenoxy) is 1. The molecule has 9 heteroatoms. The van der Waals surface area contributed by atoms with Crippen LogP contribution in [0.5, 0.6) is 5.75 Å². The molecule has 0 bridgehead atoms. The van der Waals surface area contributed by atoms with E-state index in [0.29, 0.717) is 0 Å². The van der Waals surface area contributed by atoms with Gasteiger partial charge < -0.3 is 14.9 Å². The van der Waals surface area contributed by atoms with E-state index in [-0.39, 0.29) is 15.8 Å². The van der Waals surface area contributed by atoms with Gasteiger partial charge in [-0.25, -0.2) is 4.79 Å². The van der Waals surface area contributed by atoms with E-state index in [4.69, 9.17) is 22.1 Å². The standard InChI is InChI=1S/C17H13NO6S2/c19-14(20)7-11(16(22)23)18-15(21)13(26-17(18)25)6-9-5-10-3-1-2-4-12(10)24-8-9/h1-6,11H,7-8H2,(H,19,20)(H,22,23)/b13-6-/t11-/m0/s1. The fourth-order valence-electron chi connectivity index (χ4n) is 2.59.